The number of nitrogens with two attached hydrogens (primary N) is 1. The molecule has 16 heavy (non-hydrogen) atoms. The molecule has 0 saturated carbocycles. The van der Waals surface area contributed by atoms with Crippen LogP contribution < -0.4 is 5.73 Å². The van der Waals surface area contributed by atoms with Crippen molar-refractivity contribution in [2.75, 3.05) is 6.54 Å². The van der Waals surface area contributed by atoms with E-state index in [1.165, 1.54) is 0 Å². The van der Waals surface area contributed by atoms with E-state index in [2.05, 4.69) is 15.9 Å². The molecule has 0 amide bonds. The molecule has 0 aliphatic heterocycles. The minimum Gasteiger partial charge on any atom is -0.481 e. The molecule has 1 aromatic rings. The topological polar surface area (TPSA) is 63.3 Å². The van der Waals surface area contributed by atoms with Crippen LogP contribution >= 0.6 is 15.9 Å². The number of carboxylic acid groups (broad SMARTS) is 1. The van der Waals surface area contributed by atoms with Gasteiger partial charge in [-0.05, 0) is 43.5 Å². The Morgan fingerprint density at radius 2 is 2.25 bits per heavy atom. The number of hydrogen-bond acceptors (Lipinski definition) is 2. The summed E-state index contributed by atoms with van der Waals surface area (Å²) in [7, 11) is 0. The molecule has 1 rings (SSSR count). The van der Waals surface area contributed by atoms with Crippen LogP contribution in [0.3, 0.4) is 0 Å². The van der Waals surface area contributed by atoms with Gasteiger partial charge in [0.25, 0.3) is 0 Å². The predicted octanol–water partition coefficient (Wildman–Crippen LogP) is 2.43. The standard InChI is InChI=1S/C12H16BrNO2/c13-11-5-1-3-9(8-11)7-10(12(15)16)4-2-6-14/h1,3,5,8,10H,2,4,6-7,14H2,(H,15,16). The van der Waals surface area contributed by atoms with Gasteiger partial charge in [0.1, 0.15) is 0 Å². The number of carbonyl (C=O) groups is 1. The van der Waals surface area contributed by atoms with Gasteiger partial charge >= 0.3 is 5.97 Å². The Morgan fingerprint density at radius 1 is 1.50 bits per heavy atom. The van der Waals surface area contributed by atoms with Crippen LogP contribution in [0.25, 0.3) is 0 Å². The van der Waals surface area contributed by atoms with Crippen LogP contribution in [0.1, 0.15) is 18.4 Å². The second-order valence-corrected chi connectivity index (χ2v) is 4.72. The van der Waals surface area contributed by atoms with E-state index >= 15 is 0 Å². The van der Waals surface area contributed by atoms with Crippen LogP contribution in [-0.2, 0) is 11.2 Å². The van der Waals surface area contributed by atoms with Gasteiger partial charge in [-0.25, -0.2) is 0 Å². The summed E-state index contributed by atoms with van der Waals surface area (Å²) in [6.45, 7) is 0.544. The Balaban J connectivity index is 2.64. The quantitative estimate of drug-likeness (QED) is 0.844. The van der Waals surface area contributed by atoms with Gasteiger partial charge in [0.2, 0.25) is 0 Å². The molecular weight excluding hydrogens is 270 g/mol. The van der Waals surface area contributed by atoms with E-state index in [4.69, 9.17) is 10.8 Å². The monoisotopic (exact) mass is 285 g/mol. The van der Waals surface area contributed by atoms with E-state index in [-0.39, 0.29) is 5.92 Å². The molecule has 0 aliphatic rings. The molecule has 0 spiro atoms. The van der Waals surface area contributed by atoms with Crippen LogP contribution in [-0.4, -0.2) is 17.6 Å². The molecule has 1 atom stereocenters. The van der Waals surface area contributed by atoms with Gasteiger partial charge in [-0.1, -0.05) is 28.1 Å². The first-order valence-electron chi connectivity index (χ1n) is 5.31. The van der Waals surface area contributed by atoms with E-state index in [1.54, 1.807) is 0 Å². The third-order valence-electron chi connectivity index (χ3n) is 2.48. The summed E-state index contributed by atoms with van der Waals surface area (Å²) in [5.74, 6) is -1.08. The smallest absolute Gasteiger partial charge is 0.306 e. The van der Waals surface area contributed by atoms with E-state index in [0.29, 0.717) is 19.4 Å². The predicted molar refractivity (Wildman–Crippen MR) is 67.3 cm³/mol. The molecule has 3 nitrogen and oxygen atoms in total. The fraction of sp³-hybridized carbons (Fsp3) is 0.417. The number of halogens is 1. The van der Waals surface area contributed by atoms with Crippen LogP contribution in [0.5, 0.6) is 0 Å². The number of carboxylic acids is 1. The van der Waals surface area contributed by atoms with Crippen molar-refractivity contribution in [3.05, 3.63) is 34.3 Å². The number of benzene rings is 1. The third kappa shape index (κ3) is 4.33. The van der Waals surface area contributed by atoms with Crippen molar-refractivity contribution < 1.29 is 9.90 Å². The second-order valence-electron chi connectivity index (χ2n) is 3.80. The average Bonchev–Trinajstić information content (AvgIpc) is 2.24. The molecule has 0 fully saturated rings. The zero-order chi connectivity index (χ0) is 12.0. The molecule has 0 saturated heterocycles. The molecule has 0 aliphatic carbocycles. The molecule has 0 aromatic heterocycles. The highest BCUT2D eigenvalue weighted by molar-refractivity contribution is 9.10. The van der Waals surface area contributed by atoms with E-state index in [9.17, 15) is 4.79 Å². The Hall–Kier alpha value is -0.870. The van der Waals surface area contributed by atoms with Gasteiger partial charge in [-0.15, -0.1) is 0 Å². The van der Waals surface area contributed by atoms with Gasteiger partial charge in [0.05, 0.1) is 5.92 Å². The normalized spacial score (nSPS) is 12.4. The van der Waals surface area contributed by atoms with E-state index < -0.39 is 5.97 Å². The van der Waals surface area contributed by atoms with Crippen molar-refractivity contribution in [1.29, 1.82) is 0 Å². The fourth-order valence-corrected chi connectivity index (χ4v) is 2.07. The Morgan fingerprint density at radius 3 is 2.81 bits per heavy atom. The number of aliphatic carboxylic acids is 1. The first kappa shape index (κ1) is 13.2. The maximum atomic E-state index is 11.0. The molecule has 4 heteroatoms. The van der Waals surface area contributed by atoms with Gasteiger partial charge in [-0.3, -0.25) is 4.79 Å². The lowest BCUT2D eigenvalue weighted by atomic mass is 9.95. The average molecular weight is 286 g/mol. The van der Waals surface area contributed by atoms with Crippen molar-refractivity contribution in [1.82, 2.24) is 0 Å². The van der Waals surface area contributed by atoms with Crippen molar-refractivity contribution in [2.24, 2.45) is 11.7 Å². The highest BCUT2D eigenvalue weighted by atomic mass is 79.9. The zero-order valence-electron chi connectivity index (χ0n) is 9.03. The van der Waals surface area contributed by atoms with E-state index in [1.807, 2.05) is 24.3 Å². The molecule has 3 N–H and O–H groups in total. The van der Waals surface area contributed by atoms with Crippen molar-refractivity contribution in [3.8, 4) is 0 Å². The number of hydrogen-bond donors (Lipinski definition) is 2. The lowest BCUT2D eigenvalue weighted by Crippen LogP contribution is -2.17. The molecule has 88 valence electrons. The highest BCUT2D eigenvalue weighted by Crippen LogP contribution is 2.18. The SMILES string of the molecule is NCCCC(Cc1cccc(Br)c1)C(=O)O. The highest BCUT2D eigenvalue weighted by Gasteiger charge is 2.17. The summed E-state index contributed by atoms with van der Waals surface area (Å²) < 4.78 is 0.980. The molecule has 0 radical (unpaired) electrons. The maximum Gasteiger partial charge on any atom is 0.306 e. The molecule has 1 unspecified atom stereocenters. The van der Waals surface area contributed by atoms with E-state index in [0.717, 1.165) is 16.5 Å². The lowest BCUT2D eigenvalue weighted by molar-refractivity contribution is -0.141. The first-order chi connectivity index (χ1) is 7.63. The minimum absolute atomic E-state index is 0.335. The van der Waals surface area contributed by atoms with Crippen molar-refractivity contribution in [3.63, 3.8) is 0 Å². The summed E-state index contributed by atoms with van der Waals surface area (Å²) in [5, 5.41) is 9.08. The number of rotatable bonds is 6. The summed E-state index contributed by atoms with van der Waals surface area (Å²) in [5.41, 5.74) is 6.43. The summed E-state index contributed by atoms with van der Waals surface area (Å²) >= 11 is 3.37. The van der Waals surface area contributed by atoms with Crippen LogP contribution in [0.2, 0.25) is 0 Å². The molecule has 0 heterocycles. The van der Waals surface area contributed by atoms with Crippen LogP contribution in [0.4, 0.5) is 0 Å². The minimum atomic E-state index is -0.742. The largest absolute Gasteiger partial charge is 0.481 e. The van der Waals surface area contributed by atoms with Crippen LogP contribution in [0, 0.1) is 5.92 Å². The Kier molecular flexibility index (Phi) is 5.49. The Labute approximate surface area is 104 Å². The van der Waals surface area contributed by atoms with Gasteiger partial charge < -0.3 is 10.8 Å². The zero-order valence-corrected chi connectivity index (χ0v) is 10.6. The first-order valence-corrected chi connectivity index (χ1v) is 6.10. The molecular formula is C12H16BrNO2. The lowest BCUT2D eigenvalue weighted by Gasteiger charge is -2.11. The fourth-order valence-electron chi connectivity index (χ4n) is 1.63. The van der Waals surface area contributed by atoms with Gasteiger partial charge in [0.15, 0.2) is 0 Å². The maximum absolute atomic E-state index is 11.0. The van der Waals surface area contributed by atoms with Crippen molar-refractivity contribution >= 4 is 21.9 Å². The summed E-state index contributed by atoms with van der Waals surface area (Å²) in [6, 6.07) is 7.75. The molecule has 0 bridgehead atoms. The third-order valence-corrected chi connectivity index (χ3v) is 2.97. The summed E-state index contributed by atoms with van der Waals surface area (Å²) in [6.07, 6.45) is 1.96. The van der Waals surface area contributed by atoms with Gasteiger partial charge in [-0.2, -0.15) is 0 Å². The second kappa shape index (κ2) is 6.66. The van der Waals surface area contributed by atoms with Crippen LogP contribution in [0.15, 0.2) is 28.7 Å². The van der Waals surface area contributed by atoms with Gasteiger partial charge in [0, 0.05) is 4.47 Å². The molecule has 1 aromatic carbocycles. The summed E-state index contributed by atoms with van der Waals surface area (Å²) in [4.78, 5) is 11.0. The Bertz CT molecular complexity index is 355. The van der Waals surface area contributed by atoms with Crippen molar-refractivity contribution in [2.45, 2.75) is 19.3 Å².